The summed E-state index contributed by atoms with van der Waals surface area (Å²) in [7, 11) is -2.26. The number of nitrogens with zero attached hydrogens (tertiary/aromatic N) is 5. The lowest BCUT2D eigenvalue weighted by molar-refractivity contribution is -0.141. The van der Waals surface area contributed by atoms with Gasteiger partial charge in [0.05, 0.1) is 23.0 Å². The van der Waals surface area contributed by atoms with Crippen LogP contribution in [0.25, 0.3) is 22.6 Å². The number of hydrogen-bond donors (Lipinski definition) is 0. The van der Waals surface area contributed by atoms with Gasteiger partial charge in [-0.2, -0.15) is 13.2 Å². The molecule has 1 aliphatic rings. The van der Waals surface area contributed by atoms with Crippen molar-refractivity contribution < 1.29 is 26.4 Å². The van der Waals surface area contributed by atoms with Crippen LogP contribution >= 0.6 is 0 Å². The molecule has 0 atom stereocenters. The van der Waals surface area contributed by atoms with E-state index in [4.69, 9.17) is 0 Å². The van der Waals surface area contributed by atoms with Gasteiger partial charge in [0.15, 0.2) is 32.3 Å². The SMILES string of the molecule is CCS(=O)(=O)c1c(-c2nc3cc(C(F)(F)F)ncc3n2C)nc2n1CCCC2=O. The number of halogens is 3. The van der Waals surface area contributed by atoms with Crippen LogP contribution in [-0.4, -0.2) is 44.0 Å². The molecular formula is C17H16F3N5O3S. The van der Waals surface area contributed by atoms with E-state index in [0.29, 0.717) is 13.0 Å². The molecule has 0 saturated carbocycles. The van der Waals surface area contributed by atoms with Gasteiger partial charge in [-0.15, -0.1) is 0 Å². The summed E-state index contributed by atoms with van der Waals surface area (Å²) in [6.45, 7) is 1.78. The van der Waals surface area contributed by atoms with Crippen LogP contribution in [0.4, 0.5) is 13.2 Å². The first-order chi connectivity index (χ1) is 13.5. The number of sulfone groups is 1. The third-order valence-electron chi connectivity index (χ3n) is 4.90. The highest BCUT2D eigenvalue weighted by Gasteiger charge is 2.35. The van der Waals surface area contributed by atoms with Crippen LogP contribution in [0.1, 0.15) is 36.1 Å². The molecule has 0 radical (unpaired) electrons. The monoisotopic (exact) mass is 427 g/mol. The Morgan fingerprint density at radius 1 is 1.21 bits per heavy atom. The number of alkyl halides is 3. The van der Waals surface area contributed by atoms with Crippen molar-refractivity contribution in [3.63, 3.8) is 0 Å². The molecule has 0 unspecified atom stereocenters. The summed E-state index contributed by atoms with van der Waals surface area (Å²) in [5.74, 6) is -0.416. The van der Waals surface area contributed by atoms with Gasteiger partial charge < -0.3 is 9.13 Å². The van der Waals surface area contributed by atoms with Crippen molar-refractivity contribution in [3.05, 3.63) is 23.8 Å². The van der Waals surface area contributed by atoms with E-state index in [2.05, 4.69) is 15.0 Å². The van der Waals surface area contributed by atoms with Gasteiger partial charge in [-0.25, -0.2) is 23.4 Å². The molecule has 0 amide bonds. The number of Topliss-reactive ketones (excluding diaryl/α,β-unsaturated/α-hetero) is 1. The number of pyridine rings is 1. The van der Waals surface area contributed by atoms with Crippen LogP contribution < -0.4 is 0 Å². The quantitative estimate of drug-likeness (QED) is 0.637. The molecule has 154 valence electrons. The van der Waals surface area contributed by atoms with Crippen molar-refractivity contribution in [2.24, 2.45) is 7.05 Å². The van der Waals surface area contributed by atoms with E-state index in [9.17, 15) is 26.4 Å². The standard InChI is InChI=1S/C17H16F3N5O3S/c1-3-29(27,28)16-13(23-14-11(26)5-4-6-25(14)16)15-22-9-7-12(17(18,19)20)21-8-10(9)24(15)2/h7-8H,3-6H2,1-2H3. The third-order valence-corrected chi connectivity index (χ3v) is 6.66. The number of imidazole rings is 2. The average Bonchev–Trinajstić information content (AvgIpc) is 3.20. The number of hydrogen-bond acceptors (Lipinski definition) is 6. The Morgan fingerprint density at radius 2 is 1.93 bits per heavy atom. The summed E-state index contributed by atoms with van der Waals surface area (Å²) in [5, 5.41) is -0.134. The van der Waals surface area contributed by atoms with Gasteiger partial charge in [0.25, 0.3) is 0 Å². The Hall–Kier alpha value is -2.76. The Morgan fingerprint density at radius 3 is 2.59 bits per heavy atom. The van der Waals surface area contributed by atoms with Crippen LogP contribution in [0.5, 0.6) is 0 Å². The Bertz CT molecular complexity index is 1260. The fraction of sp³-hybridized carbons (Fsp3) is 0.412. The van der Waals surface area contributed by atoms with Gasteiger partial charge in [-0.3, -0.25) is 4.79 Å². The first kappa shape index (κ1) is 19.6. The minimum Gasteiger partial charge on any atom is -0.324 e. The van der Waals surface area contributed by atoms with E-state index in [1.54, 1.807) is 0 Å². The molecule has 0 spiro atoms. The van der Waals surface area contributed by atoms with Gasteiger partial charge >= 0.3 is 6.18 Å². The molecule has 12 heteroatoms. The Kier molecular flexibility index (Phi) is 4.30. The highest BCUT2D eigenvalue weighted by molar-refractivity contribution is 7.91. The molecule has 0 fully saturated rings. The summed E-state index contributed by atoms with van der Waals surface area (Å²) >= 11 is 0. The lowest BCUT2D eigenvalue weighted by Gasteiger charge is -2.15. The van der Waals surface area contributed by atoms with Crippen molar-refractivity contribution in [3.8, 4) is 11.5 Å². The minimum absolute atomic E-state index is 0.00182. The first-order valence-electron chi connectivity index (χ1n) is 8.81. The maximum Gasteiger partial charge on any atom is 0.433 e. The first-order valence-corrected chi connectivity index (χ1v) is 10.5. The van der Waals surface area contributed by atoms with E-state index in [0.717, 1.165) is 12.3 Å². The maximum atomic E-state index is 13.0. The molecule has 4 heterocycles. The molecule has 1 aliphatic heterocycles. The number of aryl methyl sites for hydroxylation is 1. The summed E-state index contributed by atoms with van der Waals surface area (Å²) in [6, 6.07) is 0.800. The maximum absolute atomic E-state index is 13.0. The zero-order valence-electron chi connectivity index (χ0n) is 15.5. The number of carbonyl (C=O) groups is 1. The summed E-state index contributed by atoms with van der Waals surface area (Å²) < 4.78 is 67.3. The Labute approximate surface area is 163 Å². The smallest absolute Gasteiger partial charge is 0.324 e. The van der Waals surface area contributed by atoms with Crippen molar-refractivity contribution in [1.82, 2.24) is 24.1 Å². The number of carbonyl (C=O) groups excluding carboxylic acids is 1. The van der Waals surface area contributed by atoms with Crippen molar-refractivity contribution in [1.29, 1.82) is 0 Å². The van der Waals surface area contributed by atoms with Crippen LogP contribution in [0.15, 0.2) is 17.3 Å². The van der Waals surface area contributed by atoms with E-state index in [-0.39, 0.29) is 51.4 Å². The van der Waals surface area contributed by atoms with Gasteiger partial charge in [-0.1, -0.05) is 6.92 Å². The molecule has 0 saturated heterocycles. The molecule has 0 aromatic carbocycles. The Balaban J connectivity index is 2.01. The number of aromatic nitrogens is 5. The predicted octanol–water partition coefficient (Wildman–Crippen LogP) is 2.62. The largest absolute Gasteiger partial charge is 0.433 e. The molecule has 0 aliphatic carbocycles. The van der Waals surface area contributed by atoms with Crippen LogP contribution in [0, 0.1) is 0 Å². The van der Waals surface area contributed by atoms with Crippen LogP contribution in [0.2, 0.25) is 0 Å². The van der Waals surface area contributed by atoms with Gasteiger partial charge in [0.2, 0.25) is 0 Å². The second kappa shape index (κ2) is 6.37. The van der Waals surface area contributed by atoms with Crippen LogP contribution in [-0.2, 0) is 29.6 Å². The molecule has 3 aromatic heterocycles. The third kappa shape index (κ3) is 3.02. The van der Waals surface area contributed by atoms with E-state index in [1.807, 2.05) is 0 Å². The average molecular weight is 427 g/mol. The zero-order chi connectivity index (χ0) is 21.1. The zero-order valence-corrected chi connectivity index (χ0v) is 16.3. The fourth-order valence-electron chi connectivity index (χ4n) is 3.42. The van der Waals surface area contributed by atoms with E-state index in [1.165, 1.54) is 23.1 Å². The van der Waals surface area contributed by atoms with E-state index < -0.39 is 21.7 Å². The number of fused-ring (bicyclic) bond motifs is 2. The summed E-state index contributed by atoms with van der Waals surface area (Å²) in [4.78, 5) is 24.2. The van der Waals surface area contributed by atoms with Gasteiger partial charge in [-0.05, 0) is 12.5 Å². The van der Waals surface area contributed by atoms with Crippen molar-refractivity contribution in [2.75, 3.05) is 5.75 Å². The second-order valence-corrected chi connectivity index (χ2v) is 8.91. The lowest BCUT2D eigenvalue weighted by Crippen LogP contribution is -2.21. The highest BCUT2D eigenvalue weighted by Crippen LogP contribution is 2.34. The van der Waals surface area contributed by atoms with Gasteiger partial charge in [0.1, 0.15) is 11.4 Å². The van der Waals surface area contributed by atoms with Crippen molar-refractivity contribution in [2.45, 2.75) is 37.5 Å². The molecule has 0 bridgehead atoms. The predicted molar refractivity (Wildman–Crippen MR) is 96.0 cm³/mol. The molecule has 8 nitrogen and oxygen atoms in total. The molecule has 29 heavy (non-hydrogen) atoms. The molecule has 0 N–H and O–H groups in total. The highest BCUT2D eigenvalue weighted by atomic mass is 32.2. The second-order valence-electron chi connectivity index (χ2n) is 6.72. The van der Waals surface area contributed by atoms with E-state index >= 15 is 0 Å². The molecule has 4 rings (SSSR count). The fourth-order valence-corrected chi connectivity index (χ4v) is 4.64. The van der Waals surface area contributed by atoms with Crippen LogP contribution in [0.3, 0.4) is 0 Å². The minimum atomic E-state index is -4.64. The summed E-state index contributed by atoms with van der Waals surface area (Å²) in [5.41, 5.74) is -0.855. The number of rotatable bonds is 3. The number of ketones is 1. The van der Waals surface area contributed by atoms with Crippen molar-refractivity contribution >= 4 is 26.7 Å². The summed E-state index contributed by atoms with van der Waals surface area (Å²) in [6.07, 6.45) is -2.87. The van der Waals surface area contributed by atoms with Gasteiger partial charge in [0, 0.05) is 20.0 Å². The topological polar surface area (TPSA) is 99.7 Å². The lowest BCUT2D eigenvalue weighted by atomic mass is 10.1. The molecule has 3 aromatic rings. The normalized spacial score (nSPS) is 15.1. The molecular weight excluding hydrogens is 411 g/mol.